The van der Waals surface area contributed by atoms with Gasteiger partial charge in [0.1, 0.15) is 6.54 Å². The lowest BCUT2D eigenvalue weighted by molar-refractivity contribution is -0.145. The van der Waals surface area contributed by atoms with Crippen molar-refractivity contribution in [3.05, 3.63) is 35.9 Å². The summed E-state index contributed by atoms with van der Waals surface area (Å²) in [6.45, 7) is 4.25. The lowest BCUT2D eigenvalue weighted by Gasteiger charge is -2.40. The highest BCUT2D eigenvalue weighted by molar-refractivity contribution is 5.92. The predicted molar refractivity (Wildman–Crippen MR) is 68.9 cm³/mol. The van der Waals surface area contributed by atoms with Gasteiger partial charge in [0, 0.05) is 5.54 Å². The van der Waals surface area contributed by atoms with Gasteiger partial charge < -0.3 is 10.2 Å². The average Bonchev–Trinajstić information content (AvgIpc) is 2.33. The van der Waals surface area contributed by atoms with Crippen molar-refractivity contribution in [2.75, 3.05) is 13.1 Å². The van der Waals surface area contributed by atoms with Crippen molar-refractivity contribution in [1.29, 1.82) is 0 Å². The minimum Gasteiger partial charge on any atom is -0.345 e. The molecule has 1 aliphatic rings. The summed E-state index contributed by atoms with van der Waals surface area (Å²) >= 11 is 0. The Kier molecular flexibility index (Phi) is 3.36. The molecule has 0 bridgehead atoms. The number of carbonyl (C=O) groups excluding carboxylic acids is 2. The highest BCUT2D eigenvalue weighted by atomic mass is 16.2. The van der Waals surface area contributed by atoms with Crippen LogP contribution in [-0.2, 0) is 16.0 Å². The fourth-order valence-electron chi connectivity index (χ4n) is 2.30. The second-order valence-corrected chi connectivity index (χ2v) is 5.23. The lowest BCUT2D eigenvalue weighted by Crippen LogP contribution is -2.59. The number of amides is 2. The Morgan fingerprint density at radius 2 is 1.89 bits per heavy atom. The van der Waals surface area contributed by atoms with Gasteiger partial charge in [0.05, 0.1) is 6.54 Å². The zero-order chi connectivity index (χ0) is 13.2. The summed E-state index contributed by atoms with van der Waals surface area (Å²) in [5.74, 6) is -0.105. The molecule has 0 aliphatic carbocycles. The Bertz CT molecular complexity index is 454. The summed E-state index contributed by atoms with van der Waals surface area (Å²) in [5, 5.41) is 2.57. The number of nitrogens with zero attached hydrogens (tertiary/aromatic N) is 1. The van der Waals surface area contributed by atoms with Gasteiger partial charge in [-0.25, -0.2) is 0 Å². The van der Waals surface area contributed by atoms with Crippen LogP contribution in [0.2, 0.25) is 0 Å². The molecule has 2 amide bonds. The number of piperazine rings is 1. The molecule has 2 rings (SSSR count). The van der Waals surface area contributed by atoms with Gasteiger partial charge >= 0.3 is 0 Å². The van der Waals surface area contributed by atoms with Gasteiger partial charge in [-0.1, -0.05) is 30.3 Å². The molecule has 0 saturated carbocycles. The summed E-state index contributed by atoms with van der Waals surface area (Å²) in [5.41, 5.74) is 0.817. The molecule has 0 unspecified atom stereocenters. The van der Waals surface area contributed by atoms with E-state index in [0.717, 1.165) is 6.42 Å². The monoisotopic (exact) mass is 246 g/mol. The Morgan fingerprint density at radius 3 is 2.56 bits per heavy atom. The topological polar surface area (TPSA) is 49.4 Å². The van der Waals surface area contributed by atoms with Crippen LogP contribution in [-0.4, -0.2) is 35.3 Å². The van der Waals surface area contributed by atoms with Crippen molar-refractivity contribution in [3.63, 3.8) is 0 Å². The molecule has 1 aromatic rings. The number of rotatable bonds is 3. The smallest absolute Gasteiger partial charge is 0.242 e. The molecule has 96 valence electrons. The first-order valence-corrected chi connectivity index (χ1v) is 6.10. The molecule has 4 nitrogen and oxygen atoms in total. The SMILES string of the molecule is CC(C)(Cc1ccccc1)N1CC(=O)NCC1=O. The van der Waals surface area contributed by atoms with E-state index in [-0.39, 0.29) is 30.4 Å². The first kappa shape index (κ1) is 12.6. The quantitative estimate of drug-likeness (QED) is 0.864. The zero-order valence-corrected chi connectivity index (χ0v) is 10.8. The number of hydrogen-bond donors (Lipinski definition) is 1. The fraction of sp³-hybridized carbons (Fsp3) is 0.429. The summed E-state index contributed by atoms with van der Waals surface area (Å²) in [7, 11) is 0. The van der Waals surface area contributed by atoms with Gasteiger partial charge in [-0.2, -0.15) is 0 Å². The van der Waals surface area contributed by atoms with Gasteiger partial charge in [0.15, 0.2) is 0 Å². The van der Waals surface area contributed by atoms with Crippen molar-refractivity contribution in [1.82, 2.24) is 10.2 Å². The van der Waals surface area contributed by atoms with E-state index in [0.29, 0.717) is 0 Å². The normalized spacial score (nSPS) is 16.7. The summed E-state index contributed by atoms with van der Waals surface area (Å²) in [6, 6.07) is 10.0. The zero-order valence-electron chi connectivity index (χ0n) is 10.8. The van der Waals surface area contributed by atoms with Crippen LogP contribution in [0.5, 0.6) is 0 Å². The third kappa shape index (κ3) is 2.70. The van der Waals surface area contributed by atoms with Gasteiger partial charge in [-0.3, -0.25) is 9.59 Å². The first-order chi connectivity index (χ1) is 8.49. The molecule has 0 spiro atoms. The van der Waals surface area contributed by atoms with Crippen LogP contribution in [0.4, 0.5) is 0 Å². The van der Waals surface area contributed by atoms with Crippen LogP contribution in [0.15, 0.2) is 30.3 Å². The van der Waals surface area contributed by atoms with Gasteiger partial charge in [0.2, 0.25) is 11.8 Å². The molecular weight excluding hydrogens is 228 g/mol. The molecule has 0 radical (unpaired) electrons. The van der Waals surface area contributed by atoms with Gasteiger partial charge in [-0.05, 0) is 25.8 Å². The van der Waals surface area contributed by atoms with Crippen LogP contribution < -0.4 is 5.32 Å². The Labute approximate surface area is 107 Å². The molecule has 0 atom stereocenters. The molecule has 18 heavy (non-hydrogen) atoms. The van der Waals surface area contributed by atoms with E-state index in [9.17, 15) is 9.59 Å². The van der Waals surface area contributed by atoms with E-state index in [1.807, 2.05) is 44.2 Å². The van der Waals surface area contributed by atoms with E-state index in [4.69, 9.17) is 0 Å². The molecule has 1 aliphatic heterocycles. The van der Waals surface area contributed by atoms with Crippen LogP contribution in [0, 0.1) is 0 Å². The predicted octanol–water partition coefficient (Wildman–Crippen LogP) is 0.966. The number of benzene rings is 1. The van der Waals surface area contributed by atoms with E-state index >= 15 is 0 Å². The molecule has 4 heteroatoms. The largest absolute Gasteiger partial charge is 0.345 e. The van der Waals surface area contributed by atoms with Crippen LogP contribution >= 0.6 is 0 Å². The minimum absolute atomic E-state index is 0.0180. The van der Waals surface area contributed by atoms with Crippen LogP contribution in [0.25, 0.3) is 0 Å². The maximum absolute atomic E-state index is 11.9. The Hall–Kier alpha value is -1.84. The molecule has 1 saturated heterocycles. The van der Waals surface area contributed by atoms with Crippen molar-refractivity contribution in [2.45, 2.75) is 25.8 Å². The van der Waals surface area contributed by atoms with Crippen molar-refractivity contribution < 1.29 is 9.59 Å². The summed E-state index contributed by atoms with van der Waals surface area (Å²) in [4.78, 5) is 25.0. The van der Waals surface area contributed by atoms with E-state index < -0.39 is 0 Å². The second kappa shape index (κ2) is 4.80. The van der Waals surface area contributed by atoms with E-state index in [2.05, 4.69) is 5.32 Å². The lowest BCUT2D eigenvalue weighted by atomic mass is 9.92. The fourth-order valence-corrected chi connectivity index (χ4v) is 2.30. The highest BCUT2D eigenvalue weighted by Gasteiger charge is 2.35. The maximum atomic E-state index is 11.9. The second-order valence-electron chi connectivity index (χ2n) is 5.23. The third-order valence-corrected chi connectivity index (χ3v) is 3.25. The molecule has 1 aromatic carbocycles. The molecule has 1 N–H and O–H groups in total. The summed E-state index contributed by atoms with van der Waals surface area (Å²) in [6.07, 6.45) is 0.743. The number of hydrogen-bond acceptors (Lipinski definition) is 2. The van der Waals surface area contributed by atoms with Gasteiger partial charge in [-0.15, -0.1) is 0 Å². The average molecular weight is 246 g/mol. The number of carbonyl (C=O) groups is 2. The standard InChI is InChI=1S/C14H18N2O2/c1-14(2,8-11-6-4-3-5-7-11)16-10-12(17)15-9-13(16)18/h3-7H,8-10H2,1-2H3,(H,15,17). The highest BCUT2D eigenvalue weighted by Crippen LogP contribution is 2.21. The van der Waals surface area contributed by atoms with E-state index in [1.54, 1.807) is 4.90 Å². The van der Waals surface area contributed by atoms with Crippen LogP contribution in [0.1, 0.15) is 19.4 Å². The summed E-state index contributed by atoms with van der Waals surface area (Å²) < 4.78 is 0. The Balaban J connectivity index is 2.14. The molecular formula is C14H18N2O2. The minimum atomic E-state index is -0.351. The first-order valence-electron chi connectivity index (χ1n) is 6.10. The van der Waals surface area contributed by atoms with Crippen molar-refractivity contribution >= 4 is 11.8 Å². The maximum Gasteiger partial charge on any atom is 0.242 e. The van der Waals surface area contributed by atoms with Gasteiger partial charge in [0.25, 0.3) is 0 Å². The van der Waals surface area contributed by atoms with E-state index in [1.165, 1.54) is 5.56 Å². The van der Waals surface area contributed by atoms with Crippen molar-refractivity contribution in [2.24, 2.45) is 0 Å². The van der Waals surface area contributed by atoms with Crippen molar-refractivity contribution in [3.8, 4) is 0 Å². The molecule has 0 aromatic heterocycles. The molecule has 1 fully saturated rings. The molecule has 1 heterocycles. The van der Waals surface area contributed by atoms with Crippen LogP contribution in [0.3, 0.4) is 0 Å². The number of nitrogens with one attached hydrogen (secondary N) is 1. The third-order valence-electron chi connectivity index (χ3n) is 3.25. The Morgan fingerprint density at radius 1 is 1.22 bits per heavy atom.